The number of ether oxygens (including phenoxy) is 1. The van der Waals surface area contributed by atoms with Crippen molar-refractivity contribution in [2.24, 2.45) is 5.73 Å². The maximum absolute atomic E-state index is 10.7. The number of carbonyl (C=O) groups is 1. The molecule has 3 aromatic rings. The van der Waals surface area contributed by atoms with E-state index in [0.717, 1.165) is 22.2 Å². The highest BCUT2D eigenvalue weighted by atomic mass is 16.5. The summed E-state index contributed by atoms with van der Waals surface area (Å²) in [4.78, 5) is 15.3. The van der Waals surface area contributed by atoms with E-state index < -0.39 is 6.09 Å². The van der Waals surface area contributed by atoms with Crippen LogP contribution in [0.25, 0.3) is 22.2 Å². The summed E-state index contributed by atoms with van der Waals surface area (Å²) in [6.45, 7) is 0. The van der Waals surface area contributed by atoms with Crippen LogP contribution in [0.4, 0.5) is 4.79 Å². The fourth-order valence-corrected chi connectivity index (χ4v) is 2.05. The number of fused-ring (bicyclic) bond motifs is 1. The molecule has 98 valence electrons. The number of nitrogens with two attached hydrogens (primary N) is 1. The highest BCUT2D eigenvalue weighted by molar-refractivity contribution is 5.83. The van der Waals surface area contributed by atoms with E-state index in [1.54, 1.807) is 18.2 Å². The van der Waals surface area contributed by atoms with E-state index in [9.17, 15) is 4.79 Å². The summed E-state index contributed by atoms with van der Waals surface area (Å²) in [5.74, 6) is 0.416. The molecule has 2 N–H and O–H groups in total. The van der Waals surface area contributed by atoms with Crippen LogP contribution in [-0.2, 0) is 0 Å². The molecule has 0 saturated carbocycles. The fourth-order valence-electron chi connectivity index (χ4n) is 2.05. The van der Waals surface area contributed by atoms with Crippen molar-refractivity contribution < 1.29 is 9.53 Å². The van der Waals surface area contributed by atoms with Gasteiger partial charge in [-0.3, -0.25) is 0 Å². The van der Waals surface area contributed by atoms with Crippen molar-refractivity contribution in [3.05, 3.63) is 60.7 Å². The summed E-state index contributed by atoms with van der Waals surface area (Å²) in [5.41, 5.74) is 7.79. The molecule has 0 aliphatic heterocycles. The number of primary amides is 1. The smallest absolute Gasteiger partial charge is 0.409 e. The van der Waals surface area contributed by atoms with E-state index in [-0.39, 0.29) is 0 Å². The zero-order valence-corrected chi connectivity index (χ0v) is 10.6. The number of hydrogen-bond acceptors (Lipinski definition) is 3. The number of rotatable bonds is 2. The molecular weight excluding hydrogens is 252 g/mol. The Labute approximate surface area is 115 Å². The minimum atomic E-state index is -0.821. The first-order valence-electron chi connectivity index (χ1n) is 6.16. The Morgan fingerprint density at radius 2 is 1.80 bits per heavy atom. The minimum absolute atomic E-state index is 0.416. The van der Waals surface area contributed by atoms with Gasteiger partial charge in [-0.15, -0.1) is 0 Å². The third kappa shape index (κ3) is 2.44. The maximum atomic E-state index is 10.7. The van der Waals surface area contributed by atoms with Gasteiger partial charge in [0.25, 0.3) is 0 Å². The highest BCUT2D eigenvalue weighted by Gasteiger charge is 2.04. The normalized spacial score (nSPS) is 10.4. The van der Waals surface area contributed by atoms with E-state index in [4.69, 9.17) is 10.5 Å². The lowest BCUT2D eigenvalue weighted by atomic mass is 10.1. The Morgan fingerprint density at radius 1 is 1.00 bits per heavy atom. The first kappa shape index (κ1) is 12.2. The quantitative estimate of drug-likeness (QED) is 0.771. The second-order valence-electron chi connectivity index (χ2n) is 4.34. The van der Waals surface area contributed by atoms with Gasteiger partial charge in [-0.25, -0.2) is 9.78 Å². The second kappa shape index (κ2) is 5.01. The van der Waals surface area contributed by atoms with Gasteiger partial charge in [-0.1, -0.05) is 36.4 Å². The summed E-state index contributed by atoms with van der Waals surface area (Å²) in [6, 6.07) is 19.0. The molecular formula is C16H12N2O2. The first-order chi connectivity index (χ1) is 9.72. The third-order valence-corrected chi connectivity index (χ3v) is 2.95. The van der Waals surface area contributed by atoms with Crippen molar-refractivity contribution in [1.82, 2.24) is 4.98 Å². The molecule has 0 radical (unpaired) electrons. The predicted molar refractivity (Wildman–Crippen MR) is 77.4 cm³/mol. The predicted octanol–water partition coefficient (Wildman–Crippen LogP) is 3.36. The highest BCUT2D eigenvalue weighted by Crippen LogP contribution is 2.23. The number of hydrogen-bond donors (Lipinski definition) is 1. The van der Waals surface area contributed by atoms with Crippen LogP contribution in [0.2, 0.25) is 0 Å². The van der Waals surface area contributed by atoms with Crippen LogP contribution in [0.1, 0.15) is 0 Å². The van der Waals surface area contributed by atoms with Crippen LogP contribution in [0.15, 0.2) is 60.7 Å². The van der Waals surface area contributed by atoms with Gasteiger partial charge in [0, 0.05) is 10.9 Å². The minimum Gasteiger partial charge on any atom is -0.410 e. The van der Waals surface area contributed by atoms with E-state index in [0.29, 0.717) is 5.75 Å². The second-order valence-corrected chi connectivity index (χ2v) is 4.34. The standard InChI is InChI=1S/C16H12N2O2/c17-16(19)20-13-7-9-15-12(10-13)6-8-14(18-15)11-4-2-1-3-5-11/h1-10H,(H2,17,19). The monoisotopic (exact) mass is 264 g/mol. The molecule has 0 spiro atoms. The molecule has 0 unspecified atom stereocenters. The molecule has 0 atom stereocenters. The van der Waals surface area contributed by atoms with Crippen molar-refractivity contribution in [3.63, 3.8) is 0 Å². The summed E-state index contributed by atoms with van der Waals surface area (Å²) in [6.07, 6.45) is -0.821. The summed E-state index contributed by atoms with van der Waals surface area (Å²) in [5, 5.41) is 0.892. The maximum Gasteiger partial charge on any atom is 0.409 e. The Morgan fingerprint density at radius 3 is 2.55 bits per heavy atom. The van der Waals surface area contributed by atoms with E-state index >= 15 is 0 Å². The Balaban J connectivity index is 2.03. The largest absolute Gasteiger partial charge is 0.410 e. The zero-order chi connectivity index (χ0) is 13.9. The van der Waals surface area contributed by atoms with Crippen LogP contribution >= 0.6 is 0 Å². The lowest BCUT2D eigenvalue weighted by Crippen LogP contribution is -2.16. The number of nitrogens with zero attached hydrogens (tertiary/aromatic N) is 1. The summed E-state index contributed by atoms with van der Waals surface area (Å²) in [7, 11) is 0. The van der Waals surface area contributed by atoms with Crippen molar-refractivity contribution in [2.45, 2.75) is 0 Å². The van der Waals surface area contributed by atoms with Crippen LogP contribution in [0.3, 0.4) is 0 Å². The molecule has 3 rings (SSSR count). The molecule has 0 aliphatic carbocycles. The molecule has 4 nitrogen and oxygen atoms in total. The average molecular weight is 264 g/mol. The molecule has 1 aromatic heterocycles. The SMILES string of the molecule is NC(=O)Oc1ccc2nc(-c3ccccc3)ccc2c1. The Bertz CT molecular complexity index is 770. The first-order valence-corrected chi connectivity index (χ1v) is 6.16. The van der Waals surface area contributed by atoms with Crippen molar-refractivity contribution in [3.8, 4) is 17.0 Å². The van der Waals surface area contributed by atoms with E-state index in [2.05, 4.69) is 4.98 Å². The van der Waals surface area contributed by atoms with Crippen LogP contribution < -0.4 is 10.5 Å². The lowest BCUT2D eigenvalue weighted by Gasteiger charge is -2.05. The number of aromatic nitrogens is 1. The Kier molecular flexibility index (Phi) is 3.05. The van der Waals surface area contributed by atoms with Gasteiger partial charge in [-0.2, -0.15) is 0 Å². The molecule has 4 heteroatoms. The van der Waals surface area contributed by atoms with Crippen molar-refractivity contribution >= 4 is 17.0 Å². The molecule has 20 heavy (non-hydrogen) atoms. The average Bonchev–Trinajstić information content (AvgIpc) is 2.47. The zero-order valence-electron chi connectivity index (χ0n) is 10.6. The lowest BCUT2D eigenvalue weighted by molar-refractivity contribution is 0.211. The summed E-state index contributed by atoms with van der Waals surface area (Å²) < 4.78 is 4.85. The van der Waals surface area contributed by atoms with Gasteiger partial charge in [0.05, 0.1) is 11.2 Å². The Hall–Kier alpha value is -2.88. The number of amides is 1. The van der Waals surface area contributed by atoms with E-state index in [1.165, 1.54) is 0 Å². The topological polar surface area (TPSA) is 65.2 Å². The molecule has 1 heterocycles. The van der Waals surface area contributed by atoms with Crippen molar-refractivity contribution in [2.75, 3.05) is 0 Å². The van der Waals surface area contributed by atoms with Crippen LogP contribution in [0, 0.1) is 0 Å². The molecule has 0 bridgehead atoms. The third-order valence-electron chi connectivity index (χ3n) is 2.95. The summed E-state index contributed by atoms with van der Waals surface area (Å²) >= 11 is 0. The molecule has 1 amide bonds. The van der Waals surface area contributed by atoms with E-state index in [1.807, 2.05) is 42.5 Å². The number of carbonyl (C=O) groups excluding carboxylic acids is 1. The molecule has 2 aromatic carbocycles. The van der Waals surface area contributed by atoms with Gasteiger partial charge in [-0.05, 0) is 24.3 Å². The molecule has 0 fully saturated rings. The van der Waals surface area contributed by atoms with Crippen LogP contribution in [-0.4, -0.2) is 11.1 Å². The molecule has 0 aliphatic rings. The van der Waals surface area contributed by atoms with Gasteiger partial charge < -0.3 is 10.5 Å². The van der Waals surface area contributed by atoms with Gasteiger partial charge >= 0.3 is 6.09 Å². The number of pyridine rings is 1. The fraction of sp³-hybridized carbons (Fsp3) is 0. The number of benzene rings is 2. The van der Waals surface area contributed by atoms with Crippen molar-refractivity contribution in [1.29, 1.82) is 0 Å². The van der Waals surface area contributed by atoms with Gasteiger partial charge in [0.15, 0.2) is 0 Å². The van der Waals surface area contributed by atoms with Crippen LogP contribution in [0.5, 0.6) is 5.75 Å². The van der Waals surface area contributed by atoms with Gasteiger partial charge in [0.2, 0.25) is 0 Å². The molecule has 0 saturated heterocycles. The van der Waals surface area contributed by atoms with Gasteiger partial charge in [0.1, 0.15) is 5.75 Å².